The highest BCUT2D eigenvalue weighted by atomic mass is 16.5. The van der Waals surface area contributed by atoms with Gasteiger partial charge in [0.2, 0.25) is 5.91 Å². The smallest absolute Gasteiger partial charge is 0.248 e. The molecule has 24 heavy (non-hydrogen) atoms. The van der Waals surface area contributed by atoms with Crippen LogP contribution in [0.3, 0.4) is 0 Å². The molecule has 140 valence electrons. The Kier molecular flexibility index (Phi) is 8.02. The van der Waals surface area contributed by atoms with Crippen LogP contribution in [-0.2, 0) is 14.3 Å². The number of rotatable bonds is 9. The minimum Gasteiger partial charge on any atom is -0.378 e. The summed E-state index contributed by atoms with van der Waals surface area (Å²) in [5.74, 6) is 3.28. The molecule has 0 aromatic heterocycles. The van der Waals surface area contributed by atoms with E-state index < -0.39 is 0 Å². The molecule has 0 unspecified atom stereocenters. The van der Waals surface area contributed by atoms with Crippen molar-refractivity contribution >= 4 is 5.91 Å². The number of ether oxygens (including phenoxy) is 2. The van der Waals surface area contributed by atoms with Gasteiger partial charge in [-0.15, -0.1) is 0 Å². The van der Waals surface area contributed by atoms with Gasteiger partial charge in [0.25, 0.3) is 0 Å². The molecule has 0 aromatic rings. The summed E-state index contributed by atoms with van der Waals surface area (Å²) in [6.07, 6.45) is 6.03. The van der Waals surface area contributed by atoms with E-state index in [9.17, 15) is 4.79 Å². The highest BCUT2D eigenvalue weighted by Crippen LogP contribution is 2.35. The topological polar surface area (TPSA) is 38.8 Å². The van der Waals surface area contributed by atoms with Gasteiger partial charge in [0.15, 0.2) is 0 Å². The molecule has 0 radical (unpaired) electrons. The first kappa shape index (κ1) is 19.7. The third kappa shape index (κ3) is 6.03. The van der Waals surface area contributed by atoms with E-state index in [1.165, 1.54) is 12.8 Å². The number of piperidine rings is 1. The summed E-state index contributed by atoms with van der Waals surface area (Å²) >= 11 is 0. The van der Waals surface area contributed by atoms with Gasteiger partial charge < -0.3 is 14.4 Å². The highest BCUT2D eigenvalue weighted by molar-refractivity contribution is 5.77. The molecule has 1 heterocycles. The van der Waals surface area contributed by atoms with E-state index in [-0.39, 0.29) is 12.5 Å². The van der Waals surface area contributed by atoms with Gasteiger partial charge in [0.1, 0.15) is 6.61 Å². The number of carbonyl (C=O) groups excluding carboxylic acids is 1. The van der Waals surface area contributed by atoms with Crippen LogP contribution in [0, 0.1) is 23.7 Å². The summed E-state index contributed by atoms with van der Waals surface area (Å²) in [4.78, 5) is 14.1. The Balaban J connectivity index is 1.44. The molecule has 2 fully saturated rings. The third-order valence-corrected chi connectivity index (χ3v) is 5.92. The SMILES string of the molecule is CC(C)C1CCN(C(=O)COCCCOC2CC(C(C)C)C2)CC1. The summed E-state index contributed by atoms with van der Waals surface area (Å²) in [6.45, 7) is 12.5. The number of hydrogen-bond donors (Lipinski definition) is 0. The summed E-state index contributed by atoms with van der Waals surface area (Å²) in [5.41, 5.74) is 0. The van der Waals surface area contributed by atoms with Crippen LogP contribution in [0.15, 0.2) is 0 Å². The van der Waals surface area contributed by atoms with Crippen LogP contribution in [0.5, 0.6) is 0 Å². The average Bonchev–Trinajstić information content (AvgIpc) is 2.51. The van der Waals surface area contributed by atoms with E-state index in [1.807, 2.05) is 4.90 Å². The van der Waals surface area contributed by atoms with Crippen molar-refractivity contribution in [1.29, 1.82) is 0 Å². The Bertz CT molecular complexity index is 369. The quantitative estimate of drug-likeness (QED) is 0.601. The zero-order valence-corrected chi connectivity index (χ0v) is 16.1. The lowest BCUT2D eigenvalue weighted by molar-refractivity contribution is -0.138. The van der Waals surface area contributed by atoms with Crippen molar-refractivity contribution in [1.82, 2.24) is 4.90 Å². The van der Waals surface area contributed by atoms with Crippen LogP contribution in [0.2, 0.25) is 0 Å². The zero-order valence-electron chi connectivity index (χ0n) is 16.1. The highest BCUT2D eigenvalue weighted by Gasteiger charge is 2.31. The molecule has 0 spiro atoms. The van der Waals surface area contributed by atoms with Crippen LogP contribution in [0.1, 0.15) is 59.8 Å². The fraction of sp³-hybridized carbons (Fsp3) is 0.950. The normalized spacial score (nSPS) is 25.3. The molecule has 1 saturated carbocycles. The lowest BCUT2D eigenvalue weighted by Gasteiger charge is -2.37. The van der Waals surface area contributed by atoms with Gasteiger partial charge in [0.05, 0.1) is 6.10 Å². The number of nitrogens with zero attached hydrogens (tertiary/aromatic N) is 1. The maximum absolute atomic E-state index is 12.1. The lowest BCUT2D eigenvalue weighted by Crippen LogP contribution is -2.41. The van der Waals surface area contributed by atoms with Crippen molar-refractivity contribution in [2.24, 2.45) is 23.7 Å². The fourth-order valence-electron chi connectivity index (χ4n) is 3.76. The zero-order chi connectivity index (χ0) is 17.5. The van der Waals surface area contributed by atoms with Crippen molar-refractivity contribution in [3.8, 4) is 0 Å². The standard InChI is InChI=1S/C20H37NO3/c1-15(2)17-6-8-21(9-7-17)20(22)14-23-10-5-11-24-19-12-18(13-19)16(3)4/h15-19H,5-14H2,1-4H3. The lowest BCUT2D eigenvalue weighted by atomic mass is 9.75. The molecular formula is C20H37NO3. The van der Waals surface area contributed by atoms with Crippen molar-refractivity contribution in [3.63, 3.8) is 0 Å². The molecule has 2 rings (SSSR count). The van der Waals surface area contributed by atoms with Crippen LogP contribution < -0.4 is 0 Å². The Morgan fingerprint density at radius 2 is 1.62 bits per heavy atom. The predicted octanol–water partition coefficient (Wildman–Crippen LogP) is 3.74. The van der Waals surface area contributed by atoms with Crippen LogP contribution in [0.25, 0.3) is 0 Å². The molecule has 2 aliphatic rings. The summed E-state index contributed by atoms with van der Waals surface area (Å²) in [6, 6.07) is 0. The van der Waals surface area contributed by atoms with E-state index in [0.717, 1.165) is 62.6 Å². The van der Waals surface area contributed by atoms with Gasteiger partial charge in [-0.25, -0.2) is 0 Å². The minimum atomic E-state index is 0.150. The Morgan fingerprint density at radius 3 is 2.21 bits per heavy atom. The summed E-state index contributed by atoms with van der Waals surface area (Å²) < 4.78 is 11.4. The molecule has 0 N–H and O–H groups in total. The fourth-order valence-corrected chi connectivity index (χ4v) is 3.76. The molecule has 1 aliphatic heterocycles. The monoisotopic (exact) mass is 339 g/mol. The summed E-state index contributed by atoms with van der Waals surface area (Å²) in [5, 5.41) is 0. The van der Waals surface area contributed by atoms with Gasteiger partial charge in [-0.05, 0) is 55.8 Å². The molecule has 0 atom stereocenters. The van der Waals surface area contributed by atoms with Gasteiger partial charge in [-0.2, -0.15) is 0 Å². The predicted molar refractivity (Wildman–Crippen MR) is 96.9 cm³/mol. The Labute approximate surface area is 148 Å². The van der Waals surface area contributed by atoms with Crippen LogP contribution in [-0.4, -0.2) is 49.8 Å². The first-order valence-corrected chi connectivity index (χ1v) is 9.94. The average molecular weight is 340 g/mol. The van der Waals surface area contributed by atoms with Crippen LogP contribution >= 0.6 is 0 Å². The first-order chi connectivity index (χ1) is 11.5. The Morgan fingerprint density at radius 1 is 1.00 bits per heavy atom. The van der Waals surface area contributed by atoms with Crippen molar-refractivity contribution in [2.45, 2.75) is 65.9 Å². The van der Waals surface area contributed by atoms with E-state index in [1.54, 1.807) is 0 Å². The maximum Gasteiger partial charge on any atom is 0.248 e. The Hall–Kier alpha value is -0.610. The molecule has 4 heteroatoms. The molecule has 1 aliphatic carbocycles. The molecule has 1 amide bonds. The van der Waals surface area contributed by atoms with Crippen molar-refractivity contribution in [3.05, 3.63) is 0 Å². The minimum absolute atomic E-state index is 0.150. The van der Waals surface area contributed by atoms with E-state index in [0.29, 0.717) is 12.7 Å². The van der Waals surface area contributed by atoms with Crippen LogP contribution in [0.4, 0.5) is 0 Å². The van der Waals surface area contributed by atoms with Gasteiger partial charge >= 0.3 is 0 Å². The molecular weight excluding hydrogens is 302 g/mol. The van der Waals surface area contributed by atoms with E-state index in [4.69, 9.17) is 9.47 Å². The largest absolute Gasteiger partial charge is 0.378 e. The molecule has 1 saturated heterocycles. The van der Waals surface area contributed by atoms with E-state index in [2.05, 4.69) is 27.7 Å². The first-order valence-electron chi connectivity index (χ1n) is 9.94. The van der Waals surface area contributed by atoms with Crippen molar-refractivity contribution in [2.75, 3.05) is 32.9 Å². The number of carbonyl (C=O) groups is 1. The second-order valence-electron chi connectivity index (χ2n) is 8.34. The molecule has 0 bridgehead atoms. The van der Waals surface area contributed by atoms with Gasteiger partial charge in [-0.1, -0.05) is 27.7 Å². The number of likely N-dealkylation sites (tertiary alicyclic amines) is 1. The second-order valence-corrected chi connectivity index (χ2v) is 8.34. The van der Waals surface area contributed by atoms with Gasteiger partial charge in [0, 0.05) is 26.3 Å². The molecule has 4 nitrogen and oxygen atoms in total. The maximum atomic E-state index is 12.1. The summed E-state index contributed by atoms with van der Waals surface area (Å²) in [7, 11) is 0. The van der Waals surface area contributed by atoms with E-state index >= 15 is 0 Å². The third-order valence-electron chi connectivity index (χ3n) is 5.92. The molecule has 0 aromatic carbocycles. The second kappa shape index (κ2) is 9.76. The van der Waals surface area contributed by atoms with Gasteiger partial charge in [-0.3, -0.25) is 4.79 Å². The van der Waals surface area contributed by atoms with Crippen molar-refractivity contribution < 1.29 is 14.3 Å². The number of amides is 1. The number of hydrogen-bond acceptors (Lipinski definition) is 3.